The molecule has 0 amide bonds. The number of nitrogens with zero attached hydrogens (tertiary/aromatic N) is 1. The average molecular weight is 360 g/mol. The molecule has 0 fully saturated rings. The van der Waals surface area contributed by atoms with Gasteiger partial charge >= 0.3 is 0 Å². The van der Waals surface area contributed by atoms with Crippen LogP contribution in [0.1, 0.15) is 11.1 Å². The van der Waals surface area contributed by atoms with E-state index in [1.165, 1.54) is 16.7 Å². The number of rotatable bonds is 6. The number of para-hydroxylation sites is 1. The Balaban J connectivity index is 2.21. The zero-order valence-electron chi connectivity index (χ0n) is 13.3. The van der Waals surface area contributed by atoms with Crippen molar-refractivity contribution in [3.63, 3.8) is 0 Å². The van der Waals surface area contributed by atoms with Crippen molar-refractivity contribution in [3.8, 4) is 5.75 Å². The van der Waals surface area contributed by atoms with E-state index >= 15 is 0 Å². The highest BCUT2D eigenvalue weighted by Crippen LogP contribution is 2.23. The monoisotopic (exact) mass is 359 g/mol. The summed E-state index contributed by atoms with van der Waals surface area (Å²) in [6.07, 6.45) is 4.02. The van der Waals surface area contributed by atoms with Gasteiger partial charge in [0, 0.05) is 18.6 Å². The zero-order chi connectivity index (χ0) is 15.9. The van der Waals surface area contributed by atoms with Crippen molar-refractivity contribution < 1.29 is 4.74 Å². The van der Waals surface area contributed by atoms with Crippen LogP contribution in [0.2, 0.25) is 0 Å². The second-order valence-corrected chi connectivity index (χ2v) is 6.46. The third-order valence-corrected chi connectivity index (χ3v) is 3.92. The van der Waals surface area contributed by atoms with Crippen LogP contribution in [0, 0.1) is 0 Å². The summed E-state index contributed by atoms with van der Waals surface area (Å²) < 4.78 is 6.58. The number of hydrogen-bond donors (Lipinski definition) is 0. The van der Waals surface area contributed by atoms with Gasteiger partial charge in [0.05, 0.1) is 7.11 Å². The van der Waals surface area contributed by atoms with Gasteiger partial charge in [-0.25, -0.2) is 0 Å². The van der Waals surface area contributed by atoms with Gasteiger partial charge in [-0.05, 0) is 53.9 Å². The Morgan fingerprint density at radius 1 is 1.05 bits per heavy atom. The topological polar surface area (TPSA) is 12.5 Å². The van der Waals surface area contributed by atoms with Crippen molar-refractivity contribution in [2.75, 3.05) is 21.2 Å². The molecule has 2 aromatic rings. The fourth-order valence-corrected chi connectivity index (χ4v) is 2.74. The summed E-state index contributed by atoms with van der Waals surface area (Å²) in [4.78, 5) is 2.10. The smallest absolute Gasteiger partial charge is 0.122 e. The highest BCUT2D eigenvalue weighted by molar-refractivity contribution is 9.10. The molecule has 116 valence electrons. The molecule has 2 rings (SSSR count). The molecule has 0 aliphatic rings. The number of hydrogen-bond acceptors (Lipinski definition) is 2. The van der Waals surface area contributed by atoms with Crippen LogP contribution in [0.5, 0.6) is 5.75 Å². The van der Waals surface area contributed by atoms with Crippen LogP contribution in [0.3, 0.4) is 0 Å². The van der Waals surface area contributed by atoms with Crippen LogP contribution in [0.25, 0.3) is 0 Å². The van der Waals surface area contributed by atoms with E-state index in [4.69, 9.17) is 4.74 Å². The lowest BCUT2D eigenvalue weighted by molar-refractivity contribution is 0.410. The van der Waals surface area contributed by atoms with E-state index < -0.39 is 0 Å². The van der Waals surface area contributed by atoms with E-state index in [0.29, 0.717) is 0 Å². The van der Waals surface area contributed by atoms with Crippen LogP contribution in [0.15, 0.2) is 64.8 Å². The molecule has 0 atom stereocenters. The first-order valence-electron chi connectivity index (χ1n) is 7.31. The molecule has 0 saturated carbocycles. The van der Waals surface area contributed by atoms with E-state index in [1.54, 1.807) is 7.11 Å². The molecule has 0 aromatic heterocycles. The first-order valence-corrected chi connectivity index (χ1v) is 8.10. The third kappa shape index (κ3) is 4.92. The zero-order valence-corrected chi connectivity index (χ0v) is 14.9. The minimum Gasteiger partial charge on any atom is -0.496 e. The highest BCUT2D eigenvalue weighted by atomic mass is 79.9. The van der Waals surface area contributed by atoms with Crippen LogP contribution in [-0.4, -0.2) is 26.1 Å². The van der Waals surface area contributed by atoms with Crippen LogP contribution < -0.4 is 4.74 Å². The van der Waals surface area contributed by atoms with E-state index in [1.807, 2.05) is 12.1 Å². The van der Waals surface area contributed by atoms with Crippen molar-refractivity contribution >= 4 is 15.9 Å². The van der Waals surface area contributed by atoms with Crippen molar-refractivity contribution in [2.45, 2.75) is 12.8 Å². The Bertz CT molecular complexity index is 632. The van der Waals surface area contributed by atoms with Crippen molar-refractivity contribution in [2.24, 2.45) is 0 Å². The van der Waals surface area contributed by atoms with Crippen LogP contribution in [-0.2, 0) is 12.8 Å². The molecule has 0 unspecified atom stereocenters. The van der Waals surface area contributed by atoms with Crippen LogP contribution in [0.4, 0.5) is 0 Å². The fourth-order valence-electron chi connectivity index (χ4n) is 2.48. The molecule has 2 aromatic carbocycles. The number of ether oxygens (including phenoxy) is 1. The molecule has 0 saturated heterocycles. The van der Waals surface area contributed by atoms with E-state index in [9.17, 15) is 0 Å². The molecule has 0 N–H and O–H groups in total. The maximum Gasteiger partial charge on any atom is 0.122 e. The molecule has 0 radical (unpaired) electrons. The summed E-state index contributed by atoms with van der Waals surface area (Å²) in [5, 5.41) is 0. The molecule has 3 heteroatoms. The Kier molecular flexibility index (Phi) is 6.08. The van der Waals surface area contributed by atoms with Gasteiger partial charge in [0.2, 0.25) is 0 Å². The Morgan fingerprint density at radius 3 is 2.36 bits per heavy atom. The van der Waals surface area contributed by atoms with Gasteiger partial charge in [0.25, 0.3) is 0 Å². The molecular formula is C19H22BrNO. The van der Waals surface area contributed by atoms with Gasteiger partial charge in [-0.3, -0.25) is 0 Å². The van der Waals surface area contributed by atoms with E-state index in [2.05, 4.69) is 77.5 Å². The number of allylic oxidation sites excluding steroid dienone is 1. The SMILES string of the molecule is COc1ccccc1C/C(=C/N(C)C)Cc1ccc(Br)cc1. The largest absolute Gasteiger partial charge is 0.496 e. The third-order valence-electron chi connectivity index (χ3n) is 3.40. The normalized spacial score (nSPS) is 11.4. The molecule has 0 aliphatic carbocycles. The summed E-state index contributed by atoms with van der Waals surface area (Å²) in [6.45, 7) is 0. The molecule has 22 heavy (non-hydrogen) atoms. The fraction of sp³-hybridized carbons (Fsp3) is 0.263. The van der Waals surface area contributed by atoms with Gasteiger partial charge in [-0.15, -0.1) is 0 Å². The quantitative estimate of drug-likeness (QED) is 0.741. The first-order chi connectivity index (χ1) is 10.6. The van der Waals surface area contributed by atoms with Crippen molar-refractivity contribution in [1.82, 2.24) is 4.90 Å². The number of benzene rings is 2. The highest BCUT2D eigenvalue weighted by Gasteiger charge is 2.07. The summed E-state index contributed by atoms with van der Waals surface area (Å²) in [5.41, 5.74) is 3.89. The van der Waals surface area contributed by atoms with E-state index in [-0.39, 0.29) is 0 Å². The maximum atomic E-state index is 5.47. The predicted molar refractivity (Wildman–Crippen MR) is 96.3 cm³/mol. The second-order valence-electron chi connectivity index (χ2n) is 5.54. The van der Waals surface area contributed by atoms with Gasteiger partial charge in [0.15, 0.2) is 0 Å². The Morgan fingerprint density at radius 2 is 1.73 bits per heavy atom. The van der Waals surface area contributed by atoms with Gasteiger partial charge in [-0.2, -0.15) is 0 Å². The molecule has 0 spiro atoms. The molecule has 0 aliphatic heterocycles. The second kappa shape index (κ2) is 8.04. The number of halogens is 1. The standard InChI is InChI=1S/C19H22BrNO/c1-21(2)14-16(12-15-8-10-18(20)11-9-15)13-17-6-4-5-7-19(17)22-3/h4-11,14H,12-13H2,1-3H3/b16-14+. The van der Waals surface area contributed by atoms with Gasteiger partial charge in [-0.1, -0.05) is 46.3 Å². The molecular weight excluding hydrogens is 338 g/mol. The van der Waals surface area contributed by atoms with Gasteiger partial charge < -0.3 is 9.64 Å². The van der Waals surface area contributed by atoms with Crippen molar-refractivity contribution in [1.29, 1.82) is 0 Å². The maximum absolute atomic E-state index is 5.47. The molecule has 2 nitrogen and oxygen atoms in total. The lowest BCUT2D eigenvalue weighted by Gasteiger charge is -2.14. The van der Waals surface area contributed by atoms with Crippen molar-refractivity contribution in [3.05, 3.63) is 75.9 Å². The summed E-state index contributed by atoms with van der Waals surface area (Å²) in [5.74, 6) is 0.947. The first kappa shape index (κ1) is 16.6. The molecule has 0 bridgehead atoms. The minimum atomic E-state index is 0.887. The summed E-state index contributed by atoms with van der Waals surface area (Å²) in [7, 11) is 5.84. The predicted octanol–water partition coefficient (Wildman–Crippen LogP) is 4.69. The van der Waals surface area contributed by atoms with Gasteiger partial charge in [0.1, 0.15) is 5.75 Å². The number of methoxy groups -OCH3 is 1. The lowest BCUT2D eigenvalue weighted by atomic mass is 9.98. The summed E-state index contributed by atoms with van der Waals surface area (Å²) >= 11 is 3.49. The molecule has 0 heterocycles. The average Bonchev–Trinajstić information content (AvgIpc) is 2.49. The lowest BCUT2D eigenvalue weighted by Crippen LogP contribution is -2.07. The Hall–Kier alpha value is -1.74. The van der Waals surface area contributed by atoms with E-state index in [0.717, 1.165) is 23.1 Å². The minimum absolute atomic E-state index is 0.887. The Labute approximate surface area is 141 Å². The van der Waals surface area contributed by atoms with Crippen LogP contribution >= 0.6 is 15.9 Å². The summed E-state index contributed by atoms with van der Waals surface area (Å²) in [6, 6.07) is 16.7.